The van der Waals surface area contributed by atoms with E-state index in [1.807, 2.05) is 19.2 Å². The molecule has 3 nitrogen and oxygen atoms in total. The minimum atomic E-state index is 0.257. The maximum absolute atomic E-state index is 6.00. The van der Waals surface area contributed by atoms with Crippen LogP contribution in [-0.2, 0) is 0 Å². The zero-order valence-corrected chi connectivity index (χ0v) is 12.4. The summed E-state index contributed by atoms with van der Waals surface area (Å²) in [6, 6.07) is 11.4. The molecule has 1 unspecified atom stereocenters. The van der Waals surface area contributed by atoms with Gasteiger partial charge in [0.2, 0.25) is 0 Å². The van der Waals surface area contributed by atoms with Gasteiger partial charge in [-0.05, 0) is 39.1 Å². The molecule has 0 spiro atoms. The molecular weight excluding hydrogens is 248 g/mol. The molecule has 2 aromatic rings. The summed E-state index contributed by atoms with van der Waals surface area (Å²) in [6.45, 7) is 1.00. The zero-order chi connectivity index (χ0) is 13.9. The molecule has 0 saturated heterocycles. The van der Waals surface area contributed by atoms with E-state index in [1.54, 1.807) is 0 Å². The predicted molar refractivity (Wildman–Crippen MR) is 82.9 cm³/mol. The Hall–Kier alpha value is -1.32. The van der Waals surface area contributed by atoms with E-state index >= 15 is 0 Å². The standard InChI is InChI=1S/C17H24N2O/c1-18-15(12-19(2)14-8-4-5-9-14)17-11-13-7-3-6-10-16(13)20-17/h3,6-7,10-11,14-15,18H,4-5,8-9,12H2,1-2H3. The van der Waals surface area contributed by atoms with Crippen molar-refractivity contribution < 1.29 is 4.42 Å². The summed E-state index contributed by atoms with van der Waals surface area (Å²) in [5.74, 6) is 1.04. The topological polar surface area (TPSA) is 28.4 Å². The van der Waals surface area contributed by atoms with E-state index in [2.05, 4.69) is 35.5 Å². The number of nitrogens with one attached hydrogen (secondary N) is 1. The average molecular weight is 272 g/mol. The fourth-order valence-electron chi connectivity index (χ4n) is 3.28. The lowest BCUT2D eigenvalue weighted by molar-refractivity contribution is 0.213. The van der Waals surface area contributed by atoms with Crippen molar-refractivity contribution in [1.29, 1.82) is 0 Å². The number of furan rings is 1. The monoisotopic (exact) mass is 272 g/mol. The van der Waals surface area contributed by atoms with Crippen LogP contribution in [0.25, 0.3) is 11.0 Å². The van der Waals surface area contributed by atoms with Crippen LogP contribution in [0.15, 0.2) is 34.7 Å². The Labute approximate surface area is 120 Å². The summed E-state index contributed by atoms with van der Waals surface area (Å²) in [4.78, 5) is 2.49. The van der Waals surface area contributed by atoms with Gasteiger partial charge < -0.3 is 14.6 Å². The number of rotatable bonds is 5. The van der Waals surface area contributed by atoms with Gasteiger partial charge in [-0.2, -0.15) is 0 Å². The second-order valence-corrected chi connectivity index (χ2v) is 5.91. The number of fused-ring (bicyclic) bond motifs is 1. The molecule has 1 heterocycles. The van der Waals surface area contributed by atoms with Gasteiger partial charge in [-0.1, -0.05) is 31.0 Å². The van der Waals surface area contributed by atoms with Gasteiger partial charge in [-0.3, -0.25) is 0 Å². The first kappa shape index (κ1) is 13.7. The predicted octanol–water partition coefficient (Wildman–Crippen LogP) is 3.57. The molecule has 1 aliphatic carbocycles. The van der Waals surface area contributed by atoms with Gasteiger partial charge in [-0.15, -0.1) is 0 Å². The van der Waals surface area contributed by atoms with Crippen LogP contribution < -0.4 is 5.32 Å². The summed E-state index contributed by atoms with van der Waals surface area (Å²) in [7, 11) is 4.25. The van der Waals surface area contributed by atoms with Crippen LogP contribution in [0.2, 0.25) is 0 Å². The van der Waals surface area contributed by atoms with Crippen LogP contribution in [0, 0.1) is 0 Å². The molecule has 0 aliphatic heterocycles. The highest BCUT2D eigenvalue weighted by molar-refractivity contribution is 5.77. The molecule has 108 valence electrons. The minimum Gasteiger partial charge on any atom is -0.459 e. The largest absolute Gasteiger partial charge is 0.459 e. The SMILES string of the molecule is CNC(CN(C)C1CCCC1)c1cc2ccccc2o1. The molecule has 20 heavy (non-hydrogen) atoms. The van der Waals surface area contributed by atoms with Crippen molar-refractivity contribution in [1.82, 2.24) is 10.2 Å². The van der Waals surface area contributed by atoms with Gasteiger partial charge in [0.15, 0.2) is 0 Å². The molecule has 1 aliphatic rings. The van der Waals surface area contributed by atoms with Gasteiger partial charge in [0.1, 0.15) is 11.3 Å². The fourth-order valence-corrected chi connectivity index (χ4v) is 3.28. The van der Waals surface area contributed by atoms with Crippen LogP contribution in [0.1, 0.15) is 37.5 Å². The molecule has 1 fully saturated rings. The molecule has 3 heteroatoms. The van der Waals surface area contributed by atoms with Gasteiger partial charge in [0, 0.05) is 18.0 Å². The number of likely N-dealkylation sites (N-methyl/N-ethyl adjacent to an activating group) is 2. The van der Waals surface area contributed by atoms with E-state index in [9.17, 15) is 0 Å². The van der Waals surface area contributed by atoms with Crippen LogP contribution >= 0.6 is 0 Å². The number of benzene rings is 1. The van der Waals surface area contributed by atoms with Crippen LogP contribution in [0.3, 0.4) is 0 Å². The van der Waals surface area contributed by atoms with Gasteiger partial charge >= 0.3 is 0 Å². The lowest BCUT2D eigenvalue weighted by atomic mass is 10.1. The Morgan fingerprint density at radius 3 is 2.75 bits per heavy atom. The Kier molecular flexibility index (Phi) is 4.08. The van der Waals surface area contributed by atoms with Crippen molar-refractivity contribution in [2.45, 2.75) is 37.8 Å². The highest BCUT2D eigenvalue weighted by Crippen LogP contribution is 2.27. The van der Waals surface area contributed by atoms with Gasteiger partial charge in [0.05, 0.1) is 6.04 Å². The van der Waals surface area contributed by atoms with E-state index < -0.39 is 0 Å². The van der Waals surface area contributed by atoms with E-state index in [1.165, 1.54) is 31.1 Å². The first-order valence-electron chi connectivity index (χ1n) is 7.64. The van der Waals surface area contributed by atoms with Crippen molar-refractivity contribution in [2.24, 2.45) is 0 Å². The van der Waals surface area contributed by atoms with Crippen molar-refractivity contribution in [3.8, 4) is 0 Å². The first-order chi connectivity index (χ1) is 9.78. The average Bonchev–Trinajstić information content (AvgIpc) is 3.12. The van der Waals surface area contributed by atoms with E-state index in [4.69, 9.17) is 4.42 Å². The Morgan fingerprint density at radius 1 is 1.30 bits per heavy atom. The van der Waals surface area contributed by atoms with Crippen molar-refractivity contribution in [3.63, 3.8) is 0 Å². The maximum atomic E-state index is 6.00. The molecule has 1 atom stereocenters. The highest BCUT2D eigenvalue weighted by atomic mass is 16.3. The third kappa shape index (κ3) is 2.74. The third-order valence-corrected chi connectivity index (χ3v) is 4.56. The molecule has 0 radical (unpaired) electrons. The number of hydrogen-bond donors (Lipinski definition) is 1. The maximum Gasteiger partial charge on any atom is 0.134 e. The highest BCUT2D eigenvalue weighted by Gasteiger charge is 2.23. The lowest BCUT2D eigenvalue weighted by Gasteiger charge is -2.27. The van der Waals surface area contributed by atoms with Crippen LogP contribution in [0.4, 0.5) is 0 Å². The fraction of sp³-hybridized carbons (Fsp3) is 0.529. The van der Waals surface area contributed by atoms with E-state index in [0.29, 0.717) is 0 Å². The lowest BCUT2D eigenvalue weighted by Crippen LogP contribution is -2.36. The molecule has 1 aromatic heterocycles. The van der Waals surface area contributed by atoms with E-state index in [0.717, 1.165) is 23.9 Å². The Bertz CT molecular complexity index is 524. The van der Waals surface area contributed by atoms with Crippen LogP contribution in [0.5, 0.6) is 0 Å². The number of para-hydroxylation sites is 1. The van der Waals surface area contributed by atoms with Crippen molar-refractivity contribution in [3.05, 3.63) is 36.1 Å². The molecule has 0 amide bonds. The minimum absolute atomic E-state index is 0.257. The smallest absolute Gasteiger partial charge is 0.134 e. The van der Waals surface area contributed by atoms with Crippen molar-refractivity contribution >= 4 is 11.0 Å². The van der Waals surface area contributed by atoms with Gasteiger partial charge in [0.25, 0.3) is 0 Å². The summed E-state index contributed by atoms with van der Waals surface area (Å²) in [5.41, 5.74) is 0.978. The second kappa shape index (κ2) is 5.98. The molecule has 0 bridgehead atoms. The molecule has 3 rings (SSSR count). The summed E-state index contributed by atoms with van der Waals surface area (Å²) < 4.78 is 6.00. The van der Waals surface area contributed by atoms with Crippen molar-refractivity contribution in [2.75, 3.05) is 20.6 Å². The molecule has 1 N–H and O–H groups in total. The normalized spacial score (nSPS) is 18.1. The summed E-state index contributed by atoms with van der Waals surface area (Å²) >= 11 is 0. The van der Waals surface area contributed by atoms with Gasteiger partial charge in [-0.25, -0.2) is 0 Å². The summed E-state index contributed by atoms with van der Waals surface area (Å²) in [5, 5.41) is 4.58. The number of hydrogen-bond acceptors (Lipinski definition) is 3. The first-order valence-corrected chi connectivity index (χ1v) is 7.64. The third-order valence-electron chi connectivity index (χ3n) is 4.56. The second-order valence-electron chi connectivity index (χ2n) is 5.91. The molecule has 1 saturated carbocycles. The molecule has 1 aromatic carbocycles. The number of nitrogens with zero attached hydrogens (tertiary/aromatic N) is 1. The van der Waals surface area contributed by atoms with Crippen LogP contribution in [-0.4, -0.2) is 31.6 Å². The zero-order valence-electron chi connectivity index (χ0n) is 12.4. The Balaban J connectivity index is 1.74. The Morgan fingerprint density at radius 2 is 2.05 bits per heavy atom. The quantitative estimate of drug-likeness (QED) is 0.902. The van der Waals surface area contributed by atoms with E-state index in [-0.39, 0.29) is 6.04 Å². The molecular formula is C17H24N2O. The summed E-state index contributed by atoms with van der Waals surface area (Å²) in [6.07, 6.45) is 5.44.